The monoisotopic (exact) mass is 371 g/mol. The number of nitrogens with one attached hydrogen (secondary N) is 1. The first-order valence-electron chi connectivity index (χ1n) is 10.00. The van der Waals surface area contributed by atoms with Crippen molar-refractivity contribution < 1.29 is 0 Å². The normalized spacial score (nSPS) is 14.5. The minimum atomic E-state index is 0.569. The summed E-state index contributed by atoms with van der Waals surface area (Å²) in [6, 6.07) is 14.7. The lowest BCUT2D eigenvalue weighted by Gasteiger charge is -2.23. The molecule has 3 aromatic rings. The van der Waals surface area contributed by atoms with Gasteiger partial charge in [0.25, 0.3) is 0 Å². The quantitative estimate of drug-likeness (QED) is 0.691. The Morgan fingerprint density at radius 1 is 1.00 bits per heavy atom. The standard InChI is InChI=1S/C23H25N5/c24-13-19-8-6-18(7-9-19)12-22-15-25-17-28(22)16-20-10-11-23(26-14-20)27-21-4-2-1-3-5-21/h6-11,14-15,17,21H,1-5,12,16H2,(H,26,27). The van der Waals surface area contributed by atoms with Gasteiger partial charge in [-0.2, -0.15) is 5.26 Å². The van der Waals surface area contributed by atoms with Crippen LogP contribution in [0.2, 0.25) is 0 Å². The molecular formula is C23H25N5. The number of anilines is 1. The van der Waals surface area contributed by atoms with E-state index in [1.165, 1.54) is 37.7 Å². The number of benzene rings is 1. The third-order valence-electron chi connectivity index (χ3n) is 5.40. The van der Waals surface area contributed by atoms with E-state index in [1.807, 2.05) is 43.0 Å². The topological polar surface area (TPSA) is 66.5 Å². The highest BCUT2D eigenvalue weighted by Gasteiger charge is 2.13. The van der Waals surface area contributed by atoms with Crippen LogP contribution < -0.4 is 5.32 Å². The van der Waals surface area contributed by atoms with E-state index in [2.05, 4.69) is 38.1 Å². The van der Waals surface area contributed by atoms with E-state index in [4.69, 9.17) is 5.26 Å². The molecule has 5 heteroatoms. The number of rotatable bonds is 6. The summed E-state index contributed by atoms with van der Waals surface area (Å²) in [5.41, 5.74) is 4.17. The molecule has 1 aliphatic rings. The third kappa shape index (κ3) is 4.58. The molecule has 2 heterocycles. The van der Waals surface area contributed by atoms with Crippen molar-refractivity contribution in [2.24, 2.45) is 0 Å². The first kappa shape index (κ1) is 18.2. The summed E-state index contributed by atoms with van der Waals surface area (Å²) in [4.78, 5) is 8.93. The van der Waals surface area contributed by atoms with Crippen LogP contribution in [0.5, 0.6) is 0 Å². The molecule has 28 heavy (non-hydrogen) atoms. The Bertz CT molecular complexity index is 928. The number of pyridine rings is 1. The molecule has 142 valence electrons. The number of hydrogen-bond acceptors (Lipinski definition) is 4. The first-order chi connectivity index (χ1) is 13.8. The largest absolute Gasteiger partial charge is 0.367 e. The van der Waals surface area contributed by atoms with Crippen molar-refractivity contribution >= 4 is 5.82 Å². The zero-order valence-electron chi connectivity index (χ0n) is 16.0. The highest BCUT2D eigenvalue weighted by atomic mass is 15.0. The second kappa shape index (κ2) is 8.71. The van der Waals surface area contributed by atoms with Crippen LogP contribution in [0.25, 0.3) is 0 Å². The van der Waals surface area contributed by atoms with Crippen molar-refractivity contribution in [1.82, 2.24) is 14.5 Å². The molecule has 0 bridgehead atoms. The number of aromatic nitrogens is 3. The van der Waals surface area contributed by atoms with Gasteiger partial charge in [-0.15, -0.1) is 0 Å². The molecule has 0 atom stereocenters. The lowest BCUT2D eigenvalue weighted by Crippen LogP contribution is -2.22. The Kier molecular flexibility index (Phi) is 5.67. The smallest absolute Gasteiger partial charge is 0.126 e. The average molecular weight is 371 g/mol. The van der Waals surface area contributed by atoms with E-state index >= 15 is 0 Å². The van der Waals surface area contributed by atoms with Gasteiger partial charge in [0.1, 0.15) is 5.82 Å². The molecule has 0 amide bonds. The molecule has 1 fully saturated rings. The van der Waals surface area contributed by atoms with Crippen LogP contribution in [0.4, 0.5) is 5.82 Å². The maximum Gasteiger partial charge on any atom is 0.126 e. The van der Waals surface area contributed by atoms with Crippen molar-refractivity contribution in [3.63, 3.8) is 0 Å². The van der Waals surface area contributed by atoms with Gasteiger partial charge in [-0.25, -0.2) is 9.97 Å². The predicted molar refractivity (Wildman–Crippen MR) is 110 cm³/mol. The summed E-state index contributed by atoms with van der Waals surface area (Å²) >= 11 is 0. The van der Waals surface area contributed by atoms with Crippen LogP contribution in [0, 0.1) is 11.3 Å². The Morgan fingerprint density at radius 3 is 2.50 bits per heavy atom. The highest BCUT2D eigenvalue weighted by Crippen LogP contribution is 2.21. The van der Waals surface area contributed by atoms with Crippen LogP contribution in [0.3, 0.4) is 0 Å². The second-order valence-corrected chi connectivity index (χ2v) is 7.53. The van der Waals surface area contributed by atoms with Gasteiger partial charge in [0, 0.05) is 30.6 Å². The number of nitriles is 1. The molecule has 4 rings (SSSR count). The lowest BCUT2D eigenvalue weighted by molar-refractivity contribution is 0.462. The Hall–Kier alpha value is -3.13. The molecule has 1 N–H and O–H groups in total. The van der Waals surface area contributed by atoms with Gasteiger partial charge in [-0.05, 0) is 42.2 Å². The second-order valence-electron chi connectivity index (χ2n) is 7.53. The van der Waals surface area contributed by atoms with Gasteiger partial charge in [0.15, 0.2) is 0 Å². The molecule has 0 aliphatic heterocycles. The van der Waals surface area contributed by atoms with Crippen LogP contribution in [-0.2, 0) is 13.0 Å². The van der Waals surface area contributed by atoms with E-state index in [-0.39, 0.29) is 0 Å². The highest BCUT2D eigenvalue weighted by molar-refractivity contribution is 5.37. The van der Waals surface area contributed by atoms with Gasteiger partial charge >= 0.3 is 0 Å². The van der Waals surface area contributed by atoms with E-state index in [9.17, 15) is 0 Å². The Balaban J connectivity index is 1.39. The number of nitrogens with zero attached hydrogens (tertiary/aromatic N) is 4. The van der Waals surface area contributed by atoms with Gasteiger partial charge in [0.2, 0.25) is 0 Å². The summed E-state index contributed by atoms with van der Waals surface area (Å²) in [5.74, 6) is 0.971. The number of imidazole rings is 1. The predicted octanol–water partition coefficient (Wildman–Crippen LogP) is 4.53. The Morgan fingerprint density at radius 2 is 1.79 bits per heavy atom. The van der Waals surface area contributed by atoms with E-state index in [0.29, 0.717) is 11.6 Å². The maximum atomic E-state index is 8.93. The average Bonchev–Trinajstić information content (AvgIpc) is 3.17. The summed E-state index contributed by atoms with van der Waals surface area (Å²) in [6.07, 6.45) is 13.0. The van der Waals surface area contributed by atoms with Crippen molar-refractivity contribution in [3.8, 4) is 6.07 Å². The van der Waals surface area contributed by atoms with Crippen molar-refractivity contribution in [1.29, 1.82) is 5.26 Å². The van der Waals surface area contributed by atoms with Gasteiger partial charge in [0.05, 0.1) is 24.5 Å². The van der Waals surface area contributed by atoms with Gasteiger partial charge in [-0.3, -0.25) is 0 Å². The van der Waals surface area contributed by atoms with E-state index in [1.54, 1.807) is 0 Å². The first-order valence-corrected chi connectivity index (χ1v) is 10.00. The minimum absolute atomic E-state index is 0.569. The fraction of sp³-hybridized carbons (Fsp3) is 0.348. The molecule has 1 aromatic carbocycles. The zero-order valence-corrected chi connectivity index (χ0v) is 16.0. The van der Waals surface area contributed by atoms with Crippen LogP contribution in [0.15, 0.2) is 55.1 Å². The van der Waals surface area contributed by atoms with Crippen LogP contribution in [-0.4, -0.2) is 20.6 Å². The van der Waals surface area contributed by atoms with Gasteiger partial charge in [-0.1, -0.05) is 37.5 Å². The molecule has 0 spiro atoms. The Labute approximate surface area is 166 Å². The van der Waals surface area contributed by atoms with Crippen molar-refractivity contribution in [3.05, 3.63) is 77.5 Å². The summed E-state index contributed by atoms with van der Waals surface area (Å²) in [5, 5.41) is 12.5. The van der Waals surface area contributed by atoms with E-state index < -0.39 is 0 Å². The van der Waals surface area contributed by atoms with E-state index in [0.717, 1.165) is 30.0 Å². The maximum absolute atomic E-state index is 8.93. The van der Waals surface area contributed by atoms with Crippen molar-refractivity contribution in [2.45, 2.75) is 51.1 Å². The number of hydrogen-bond donors (Lipinski definition) is 1. The van der Waals surface area contributed by atoms with Crippen LogP contribution in [0.1, 0.15) is 54.5 Å². The molecule has 0 unspecified atom stereocenters. The molecule has 1 aliphatic carbocycles. The summed E-state index contributed by atoms with van der Waals surface area (Å²) in [6.45, 7) is 0.752. The summed E-state index contributed by atoms with van der Waals surface area (Å²) in [7, 11) is 0. The zero-order chi connectivity index (χ0) is 19.2. The molecule has 1 saturated carbocycles. The molecular weight excluding hydrogens is 346 g/mol. The SMILES string of the molecule is N#Cc1ccc(Cc2cncn2Cc2ccc(NC3CCCCC3)nc2)cc1. The molecule has 0 radical (unpaired) electrons. The molecule has 0 saturated heterocycles. The molecule has 5 nitrogen and oxygen atoms in total. The van der Waals surface area contributed by atoms with Crippen molar-refractivity contribution in [2.75, 3.05) is 5.32 Å². The minimum Gasteiger partial charge on any atom is -0.367 e. The van der Waals surface area contributed by atoms with Gasteiger partial charge < -0.3 is 9.88 Å². The third-order valence-corrected chi connectivity index (χ3v) is 5.40. The summed E-state index contributed by atoms with van der Waals surface area (Å²) < 4.78 is 2.16. The lowest BCUT2D eigenvalue weighted by atomic mass is 9.95. The fourth-order valence-corrected chi connectivity index (χ4v) is 3.80. The fourth-order valence-electron chi connectivity index (χ4n) is 3.80. The van der Waals surface area contributed by atoms with Crippen LogP contribution >= 0.6 is 0 Å². The molecule has 2 aromatic heterocycles.